The van der Waals surface area contributed by atoms with E-state index in [4.69, 9.17) is 4.52 Å². The molecule has 0 radical (unpaired) electrons. The van der Waals surface area contributed by atoms with E-state index < -0.39 is 12.1 Å². The van der Waals surface area contributed by atoms with E-state index in [1.165, 1.54) is 0 Å². The van der Waals surface area contributed by atoms with E-state index in [0.717, 1.165) is 0 Å². The zero-order valence-corrected chi connectivity index (χ0v) is 12.7. The number of hydrazine groups is 1. The molecule has 130 valence electrons. The summed E-state index contributed by atoms with van der Waals surface area (Å²) in [5, 5.41) is 3.88. The van der Waals surface area contributed by atoms with E-state index in [9.17, 15) is 18.0 Å². The fraction of sp³-hybridized carbons (Fsp3) is 0.750. The van der Waals surface area contributed by atoms with Crippen LogP contribution in [0, 0.1) is 0 Å². The number of aromatic nitrogens is 2. The van der Waals surface area contributed by atoms with E-state index in [1.807, 2.05) is 24.3 Å². The van der Waals surface area contributed by atoms with E-state index in [1.54, 1.807) is 0 Å². The third-order valence-corrected chi connectivity index (χ3v) is 3.35. The topological polar surface area (TPSA) is 92.5 Å². The number of carbonyl (C=O) groups is 1. The van der Waals surface area contributed by atoms with Gasteiger partial charge in [0, 0.05) is 25.0 Å². The number of nitrogens with one attached hydrogen (secondary N) is 2. The Bertz CT molecular complexity index is 526. The van der Waals surface area contributed by atoms with Crippen LogP contribution in [0.5, 0.6) is 0 Å². The number of hydrogen-bond acceptors (Lipinski definition) is 8. The largest absolute Gasteiger partial charge is 0.492 e. The maximum absolute atomic E-state index is 11.9. The summed E-state index contributed by atoms with van der Waals surface area (Å²) in [4.78, 5) is 20.6. The van der Waals surface area contributed by atoms with Gasteiger partial charge >= 0.3 is 18.2 Å². The second-order valence-electron chi connectivity index (χ2n) is 5.48. The van der Waals surface area contributed by atoms with Crippen molar-refractivity contribution in [2.75, 3.05) is 18.0 Å². The lowest BCUT2D eigenvalue weighted by atomic mass is 10.1. The molecular weight excluding hydrogens is 319 g/mol. The molecule has 0 aromatic carbocycles. The highest BCUT2D eigenvalue weighted by Gasteiger charge is 2.41. The Morgan fingerprint density at radius 3 is 2.57 bits per heavy atom. The quantitative estimate of drug-likeness (QED) is 0.776. The Labute approximate surface area is 130 Å². The van der Waals surface area contributed by atoms with E-state index in [-0.39, 0.29) is 12.0 Å². The van der Waals surface area contributed by atoms with Crippen molar-refractivity contribution in [3.05, 3.63) is 5.82 Å². The molecule has 0 unspecified atom stereocenters. The maximum Gasteiger partial charge on any atom is 0.492 e. The zero-order chi connectivity index (χ0) is 17.0. The van der Waals surface area contributed by atoms with Gasteiger partial charge in [0.05, 0.1) is 0 Å². The molecule has 2 heterocycles. The molecule has 23 heavy (non-hydrogen) atoms. The van der Waals surface area contributed by atoms with Crippen molar-refractivity contribution in [1.82, 2.24) is 21.2 Å². The Hall–Kier alpha value is -1.88. The van der Waals surface area contributed by atoms with Crippen molar-refractivity contribution < 1.29 is 27.3 Å². The minimum Gasteiger partial charge on any atom is -0.348 e. The van der Waals surface area contributed by atoms with Gasteiger partial charge in [-0.2, -0.15) is 18.2 Å². The molecule has 1 aliphatic rings. The molecule has 1 aliphatic heterocycles. The zero-order valence-electron chi connectivity index (χ0n) is 12.7. The normalized spacial score (nSPS) is 16.9. The number of rotatable bonds is 5. The van der Waals surface area contributed by atoms with Crippen molar-refractivity contribution in [3.8, 4) is 0 Å². The molecule has 2 rings (SSSR count). The van der Waals surface area contributed by atoms with Crippen molar-refractivity contribution in [1.29, 1.82) is 0 Å². The van der Waals surface area contributed by atoms with Crippen LogP contribution in [0.1, 0.15) is 38.4 Å². The molecule has 8 nitrogen and oxygen atoms in total. The summed E-state index contributed by atoms with van der Waals surface area (Å²) < 4.78 is 41.0. The molecule has 0 spiro atoms. The summed E-state index contributed by atoms with van der Waals surface area (Å²) in [5.41, 5.74) is 4.38. The highest BCUT2D eigenvalue weighted by Crippen LogP contribution is 2.20. The van der Waals surface area contributed by atoms with Gasteiger partial charge in [0.2, 0.25) is 0 Å². The van der Waals surface area contributed by atoms with Crippen LogP contribution in [0.4, 0.5) is 19.2 Å². The molecular formula is C12H18F3N5O3. The first-order valence-corrected chi connectivity index (χ1v) is 7.14. The predicted octanol–water partition coefficient (Wildman–Crippen LogP) is 1.28. The van der Waals surface area contributed by atoms with Crippen LogP contribution in [0.2, 0.25) is 0 Å². The minimum atomic E-state index is -5.02. The lowest BCUT2D eigenvalue weighted by molar-refractivity contribution is -0.209. The maximum atomic E-state index is 11.9. The average Bonchev–Trinajstić information content (AvgIpc) is 2.97. The van der Waals surface area contributed by atoms with Crippen molar-refractivity contribution in [2.45, 2.75) is 44.8 Å². The first-order valence-electron chi connectivity index (χ1n) is 7.14. The van der Waals surface area contributed by atoms with Crippen LogP contribution in [-0.2, 0) is 9.63 Å². The molecule has 0 amide bonds. The van der Waals surface area contributed by atoms with Gasteiger partial charge in [-0.05, 0) is 12.8 Å². The molecule has 11 heteroatoms. The van der Waals surface area contributed by atoms with Crippen LogP contribution in [0.3, 0.4) is 0 Å². The van der Waals surface area contributed by atoms with Gasteiger partial charge in [-0.15, -0.1) is 0 Å². The van der Waals surface area contributed by atoms with E-state index in [2.05, 4.69) is 20.4 Å². The Kier molecular flexibility index (Phi) is 5.42. The molecule has 0 saturated carbocycles. The Morgan fingerprint density at radius 1 is 1.39 bits per heavy atom. The number of carbonyl (C=O) groups excluding carboxylic acids is 1. The fourth-order valence-corrected chi connectivity index (χ4v) is 2.02. The number of piperidine rings is 1. The Balaban J connectivity index is 1.72. The van der Waals surface area contributed by atoms with Crippen molar-refractivity contribution in [3.63, 3.8) is 0 Å². The first-order chi connectivity index (χ1) is 10.8. The standard InChI is InChI=1S/C12H18F3N5O3/c1-7(2)9-16-11(23-18-9)20-5-3-8(4-6-20)17-19-22-10(21)12(13,14)15/h7-8,17,19H,3-6H2,1-2H3. The number of anilines is 1. The summed E-state index contributed by atoms with van der Waals surface area (Å²) in [6.07, 6.45) is -3.81. The highest BCUT2D eigenvalue weighted by molar-refractivity contribution is 5.75. The van der Waals surface area contributed by atoms with E-state index >= 15 is 0 Å². The van der Waals surface area contributed by atoms with Gasteiger partial charge < -0.3 is 14.3 Å². The van der Waals surface area contributed by atoms with Crippen LogP contribution in [0.25, 0.3) is 0 Å². The third kappa shape index (κ3) is 4.79. The van der Waals surface area contributed by atoms with Crippen LogP contribution < -0.4 is 15.9 Å². The molecule has 2 N–H and O–H groups in total. The number of halogens is 3. The van der Waals surface area contributed by atoms with Gasteiger partial charge in [0.25, 0.3) is 0 Å². The summed E-state index contributed by atoms with van der Waals surface area (Å²) in [7, 11) is 0. The average molecular weight is 337 g/mol. The second-order valence-corrected chi connectivity index (χ2v) is 5.48. The molecule has 0 atom stereocenters. The van der Waals surface area contributed by atoms with Crippen LogP contribution in [0.15, 0.2) is 4.52 Å². The van der Waals surface area contributed by atoms with Gasteiger partial charge in [0.1, 0.15) is 0 Å². The molecule has 0 aliphatic carbocycles. The lowest BCUT2D eigenvalue weighted by Gasteiger charge is -2.30. The highest BCUT2D eigenvalue weighted by atomic mass is 19.4. The summed E-state index contributed by atoms with van der Waals surface area (Å²) in [5.74, 6) is -1.50. The smallest absolute Gasteiger partial charge is 0.348 e. The Morgan fingerprint density at radius 2 is 2.04 bits per heavy atom. The van der Waals surface area contributed by atoms with E-state index in [0.29, 0.717) is 37.8 Å². The molecule has 1 fully saturated rings. The molecule has 0 bridgehead atoms. The predicted molar refractivity (Wildman–Crippen MR) is 72.0 cm³/mol. The van der Waals surface area contributed by atoms with Crippen LogP contribution in [-0.4, -0.2) is 41.4 Å². The number of nitrogens with zero attached hydrogens (tertiary/aromatic N) is 3. The lowest BCUT2D eigenvalue weighted by Crippen LogP contribution is -2.49. The fourth-order valence-electron chi connectivity index (χ4n) is 2.02. The monoisotopic (exact) mass is 337 g/mol. The van der Waals surface area contributed by atoms with Gasteiger partial charge in [-0.3, -0.25) is 0 Å². The molecule has 1 saturated heterocycles. The summed E-state index contributed by atoms with van der Waals surface area (Å²) in [6.45, 7) is 5.09. The minimum absolute atomic E-state index is 0.139. The van der Waals surface area contributed by atoms with Gasteiger partial charge in [-0.1, -0.05) is 24.6 Å². The first kappa shape index (κ1) is 17.5. The third-order valence-electron chi connectivity index (χ3n) is 3.35. The van der Waals surface area contributed by atoms with Crippen molar-refractivity contribution >= 4 is 12.0 Å². The van der Waals surface area contributed by atoms with Gasteiger partial charge in [0.15, 0.2) is 5.82 Å². The SMILES string of the molecule is CC(C)c1noc(N2CCC(NNOC(=O)C(F)(F)F)CC2)n1. The molecule has 1 aromatic rings. The molecule has 1 aromatic heterocycles. The number of hydrogen-bond donors (Lipinski definition) is 2. The second kappa shape index (κ2) is 7.13. The summed E-state index contributed by atoms with van der Waals surface area (Å²) in [6, 6.07) is 0.295. The van der Waals surface area contributed by atoms with Gasteiger partial charge in [-0.25, -0.2) is 10.2 Å². The van der Waals surface area contributed by atoms with Crippen molar-refractivity contribution in [2.24, 2.45) is 0 Å². The summed E-state index contributed by atoms with van der Waals surface area (Å²) >= 11 is 0. The number of alkyl halides is 3. The van der Waals surface area contributed by atoms with Crippen LogP contribution >= 0.6 is 0 Å².